The van der Waals surface area contributed by atoms with Crippen LogP contribution in [0.5, 0.6) is 0 Å². The number of nitrogens with zero attached hydrogens (tertiary/aromatic N) is 4. The molecule has 0 aliphatic carbocycles. The lowest BCUT2D eigenvalue weighted by atomic mass is 10.3. The molecule has 2 aromatic rings. The Kier molecular flexibility index (Phi) is 2.46. The van der Waals surface area contributed by atoms with E-state index in [1.54, 1.807) is 18.2 Å². The van der Waals surface area contributed by atoms with Crippen molar-refractivity contribution in [2.45, 2.75) is 0 Å². The van der Waals surface area contributed by atoms with Crippen molar-refractivity contribution in [2.24, 2.45) is 0 Å². The van der Waals surface area contributed by atoms with Crippen molar-refractivity contribution in [3.8, 4) is 5.69 Å². The standard InChI is InChI=1S/C8H5BrN4O2/c9-5-3-1-2-4-6(5)13-11-7(8(14)15)10-12-13/h1-4H,(H,14,15). The van der Waals surface area contributed by atoms with Crippen molar-refractivity contribution in [3.63, 3.8) is 0 Å². The molecule has 0 amide bonds. The van der Waals surface area contributed by atoms with Crippen LogP contribution >= 0.6 is 15.9 Å². The number of tetrazole rings is 1. The third-order valence-electron chi connectivity index (χ3n) is 1.67. The van der Waals surface area contributed by atoms with Gasteiger partial charge in [0.2, 0.25) is 0 Å². The van der Waals surface area contributed by atoms with Crippen LogP contribution in [-0.4, -0.2) is 31.3 Å². The van der Waals surface area contributed by atoms with E-state index >= 15 is 0 Å². The molecule has 1 aromatic carbocycles. The van der Waals surface area contributed by atoms with Crippen LogP contribution in [0.4, 0.5) is 0 Å². The van der Waals surface area contributed by atoms with Crippen LogP contribution in [0.2, 0.25) is 0 Å². The SMILES string of the molecule is O=C(O)c1nnn(-c2ccccc2Br)n1. The zero-order valence-electron chi connectivity index (χ0n) is 7.33. The van der Waals surface area contributed by atoms with Crippen LogP contribution < -0.4 is 0 Å². The number of halogens is 1. The average Bonchev–Trinajstić information content (AvgIpc) is 2.67. The van der Waals surface area contributed by atoms with Crippen molar-refractivity contribution < 1.29 is 9.90 Å². The number of para-hydroxylation sites is 1. The van der Waals surface area contributed by atoms with Crippen molar-refractivity contribution in [3.05, 3.63) is 34.6 Å². The molecule has 0 saturated carbocycles. The second-order valence-electron chi connectivity index (χ2n) is 2.66. The number of carboxylic acids is 1. The molecule has 1 N–H and O–H groups in total. The summed E-state index contributed by atoms with van der Waals surface area (Å²) >= 11 is 3.30. The predicted molar refractivity (Wildman–Crippen MR) is 53.8 cm³/mol. The topological polar surface area (TPSA) is 80.9 Å². The van der Waals surface area contributed by atoms with E-state index in [0.29, 0.717) is 5.69 Å². The highest BCUT2D eigenvalue weighted by atomic mass is 79.9. The summed E-state index contributed by atoms with van der Waals surface area (Å²) in [5, 5.41) is 19.4. The lowest BCUT2D eigenvalue weighted by molar-refractivity contribution is 0.0683. The quantitative estimate of drug-likeness (QED) is 0.883. The van der Waals surface area contributed by atoms with Gasteiger partial charge < -0.3 is 5.11 Å². The van der Waals surface area contributed by atoms with E-state index in [-0.39, 0.29) is 5.82 Å². The van der Waals surface area contributed by atoms with Crippen LogP contribution in [-0.2, 0) is 0 Å². The first kappa shape index (κ1) is 9.78. The minimum Gasteiger partial charge on any atom is -0.475 e. The highest BCUT2D eigenvalue weighted by molar-refractivity contribution is 9.10. The van der Waals surface area contributed by atoms with Gasteiger partial charge in [-0.2, -0.15) is 0 Å². The molecule has 6 nitrogen and oxygen atoms in total. The summed E-state index contributed by atoms with van der Waals surface area (Å²) in [4.78, 5) is 11.7. The summed E-state index contributed by atoms with van der Waals surface area (Å²) in [6, 6.07) is 7.18. The van der Waals surface area contributed by atoms with Gasteiger partial charge in [-0.15, -0.1) is 15.0 Å². The summed E-state index contributed by atoms with van der Waals surface area (Å²) in [5.41, 5.74) is 0.637. The van der Waals surface area contributed by atoms with Gasteiger partial charge >= 0.3 is 5.97 Å². The Hall–Kier alpha value is -1.76. The molecule has 1 aromatic heterocycles. The smallest absolute Gasteiger partial charge is 0.377 e. The first-order valence-electron chi connectivity index (χ1n) is 3.96. The Labute approximate surface area is 92.7 Å². The number of hydrogen-bond donors (Lipinski definition) is 1. The van der Waals surface area contributed by atoms with E-state index in [9.17, 15) is 4.79 Å². The Morgan fingerprint density at radius 3 is 2.73 bits per heavy atom. The Morgan fingerprint density at radius 2 is 2.13 bits per heavy atom. The molecule has 15 heavy (non-hydrogen) atoms. The van der Waals surface area contributed by atoms with Gasteiger partial charge in [0.15, 0.2) is 0 Å². The first-order chi connectivity index (χ1) is 7.18. The fourth-order valence-corrected chi connectivity index (χ4v) is 1.46. The number of benzene rings is 1. The summed E-state index contributed by atoms with van der Waals surface area (Å²) in [7, 11) is 0. The molecule has 0 atom stereocenters. The normalized spacial score (nSPS) is 10.2. The zero-order chi connectivity index (χ0) is 10.8. The van der Waals surface area contributed by atoms with Gasteiger partial charge in [-0.1, -0.05) is 12.1 Å². The maximum absolute atomic E-state index is 10.5. The molecular weight excluding hydrogens is 264 g/mol. The number of hydrogen-bond acceptors (Lipinski definition) is 4. The van der Waals surface area contributed by atoms with Gasteiger partial charge in [0, 0.05) is 4.47 Å². The van der Waals surface area contributed by atoms with E-state index in [1.807, 2.05) is 6.07 Å². The first-order valence-corrected chi connectivity index (χ1v) is 4.76. The lowest BCUT2D eigenvalue weighted by Gasteiger charge is -1.99. The molecule has 1 heterocycles. The van der Waals surface area contributed by atoms with Gasteiger partial charge in [-0.25, -0.2) is 4.79 Å². The minimum absolute atomic E-state index is 0.328. The number of rotatable bonds is 2. The van der Waals surface area contributed by atoms with Crippen molar-refractivity contribution in [1.82, 2.24) is 20.2 Å². The predicted octanol–water partition coefficient (Wildman–Crippen LogP) is 1.12. The van der Waals surface area contributed by atoms with Crippen molar-refractivity contribution in [2.75, 3.05) is 0 Å². The van der Waals surface area contributed by atoms with E-state index in [1.165, 1.54) is 0 Å². The van der Waals surface area contributed by atoms with Crippen LogP contribution in [0.15, 0.2) is 28.7 Å². The lowest BCUT2D eigenvalue weighted by Crippen LogP contribution is -2.02. The summed E-state index contributed by atoms with van der Waals surface area (Å²) in [6.45, 7) is 0. The third kappa shape index (κ3) is 1.86. The molecule has 0 bridgehead atoms. The molecular formula is C8H5BrN4O2. The Bertz CT molecular complexity index is 511. The molecule has 0 aliphatic heterocycles. The summed E-state index contributed by atoms with van der Waals surface area (Å²) in [6.07, 6.45) is 0. The second-order valence-corrected chi connectivity index (χ2v) is 3.51. The molecule has 76 valence electrons. The van der Waals surface area contributed by atoms with Gasteiger partial charge in [0.1, 0.15) is 5.69 Å². The van der Waals surface area contributed by atoms with Crippen LogP contribution in [0, 0.1) is 0 Å². The Balaban J connectivity index is 2.46. The Morgan fingerprint density at radius 1 is 1.40 bits per heavy atom. The van der Waals surface area contributed by atoms with Crippen LogP contribution in [0.3, 0.4) is 0 Å². The highest BCUT2D eigenvalue weighted by Gasteiger charge is 2.12. The van der Waals surface area contributed by atoms with E-state index in [2.05, 4.69) is 31.3 Å². The molecule has 0 aliphatic rings. The van der Waals surface area contributed by atoms with Gasteiger partial charge in [-0.3, -0.25) is 0 Å². The summed E-state index contributed by atoms with van der Waals surface area (Å²) in [5.74, 6) is -1.53. The van der Waals surface area contributed by atoms with Crippen LogP contribution in [0.25, 0.3) is 5.69 Å². The number of carbonyl (C=O) groups is 1. The maximum atomic E-state index is 10.5. The zero-order valence-corrected chi connectivity index (χ0v) is 8.92. The number of aromatic nitrogens is 4. The molecule has 0 saturated heterocycles. The molecule has 0 unspecified atom stereocenters. The molecule has 0 fully saturated rings. The monoisotopic (exact) mass is 268 g/mol. The number of aromatic carboxylic acids is 1. The van der Waals surface area contributed by atoms with Crippen molar-refractivity contribution >= 4 is 21.9 Å². The summed E-state index contributed by atoms with van der Waals surface area (Å²) < 4.78 is 0.763. The van der Waals surface area contributed by atoms with E-state index in [4.69, 9.17) is 5.11 Å². The minimum atomic E-state index is -1.20. The van der Waals surface area contributed by atoms with E-state index in [0.717, 1.165) is 9.27 Å². The van der Waals surface area contributed by atoms with Gasteiger partial charge in [0.25, 0.3) is 5.82 Å². The van der Waals surface area contributed by atoms with Crippen molar-refractivity contribution in [1.29, 1.82) is 0 Å². The molecule has 0 spiro atoms. The molecule has 0 radical (unpaired) electrons. The maximum Gasteiger partial charge on any atom is 0.377 e. The number of carboxylic acid groups (broad SMARTS) is 1. The molecule has 2 rings (SSSR count). The largest absolute Gasteiger partial charge is 0.475 e. The molecule has 7 heteroatoms. The van der Waals surface area contributed by atoms with E-state index < -0.39 is 5.97 Å². The average molecular weight is 269 g/mol. The van der Waals surface area contributed by atoms with Gasteiger partial charge in [-0.05, 0) is 33.3 Å². The van der Waals surface area contributed by atoms with Gasteiger partial charge in [0.05, 0.1) is 0 Å². The second kappa shape index (κ2) is 3.77. The fraction of sp³-hybridized carbons (Fsp3) is 0. The van der Waals surface area contributed by atoms with Crippen LogP contribution in [0.1, 0.15) is 10.6 Å². The fourth-order valence-electron chi connectivity index (χ4n) is 1.02. The third-order valence-corrected chi connectivity index (χ3v) is 2.34. The highest BCUT2D eigenvalue weighted by Crippen LogP contribution is 2.18.